The molecular weight excluding hydrogens is 351 g/mol. The fraction of sp³-hybridized carbons (Fsp3) is 0.304. The monoisotopic (exact) mass is 374 g/mol. The summed E-state index contributed by atoms with van der Waals surface area (Å²) in [5.74, 6) is 0. The lowest BCUT2D eigenvalue weighted by Gasteiger charge is -2.32. The van der Waals surface area contributed by atoms with Crippen LogP contribution in [0.3, 0.4) is 0 Å². The van der Waals surface area contributed by atoms with Gasteiger partial charge >= 0.3 is 7.12 Å². The van der Waals surface area contributed by atoms with Gasteiger partial charge in [0.15, 0.2) is 0 Å². The van der Waals surface area contributed by atoms with Gasteiger partial charge in [-0.1, -0.05) is 43.0 Å². The van der Waals surface area contributed by atoms with Crippen LogP contribution in [0.5, 0.6) is 0 Å². The Morgan fingerprint density at radius 1 is 0.852 bits per heavy atom. The summed E-state index contributed by atoms with van der Waals surface area (Å²) in [4.78, 5) is 0. The highest BCUT2D eigenvalue weighted by atomic mass is 32.1. The maximum Gasteiger partial charge on any atom is 0.496 e. The molecule has 0 aliphatic carbocycles. The molecule has 4 heteroatoms. The van der Waals surface area contributed by atoms with Gasteiger partial charge in [0.2, 0.25) is 0 Å². The van der Waals surface area contributed by atoms with E-state index in [0.717, 1.165) is 10.00 Å². The van der Waals surface area contributed by atoms with Crippen LogP contribution in [0.2, 0.25) is 0 Å². The summed E-state index contributed by atoms with van der Waals surface area (Å²) >= 11 is 1.75. The number of rotatable bonds is 1. The molecule has 2 nitrogen and oxygen atoms in total. The van der Waals surface area contributed by atoms with Crippen molar-refractivity contribution in [1.82, 2.24) is 0 Å². The second kappa shape index (κ2) is 5.35. The zero-order chi connectivity index (χ0) is 19.1. The molecule has 0 radical (unpaired) electrons. The number of hydrogen-bond acceptors (Lipinski definition) is 3. The Bertz CT molecular complexity index is 1250. The summed E-state index contributed by atoms with van der Waals surface area (Å²) in [7, 11) is -0.354. The third kappa shape index (κ3) is 2.21. The second-order valence-electron chi connectivity index (χ2n) is 8.57. The first-order valence-corrected chi connectivity index (χ1v) is 10.2. The molecule has 0 unspecified atom stereocenters. The van der Waals surface area contributed by atoms with E-state index in [1.807, 2.05) is 0 Å². The highest BCUT2D eigenvalue weighted by Gasteiger charge is 2.52. The van der Waals surface area contributed by atoms with E-state index < -0.39 is 0 Å². The van der Waals surface area contributed by atoms with Gasteiger partial charge in [-0.3, -0.25) is 0 Å². The van der Waals surface area contributed by atoms with Crippen LogP contribution >= 0.6 is 11.3 Å². The number of aryl methyl sites for hydroxylation is 1. The fourth-order valence-corrected chi connectivity index (χ4v) is 5.43. The van der Waals surface area contributed by atoms with E-state index in [2.05, 4.69) is 77.6 Å². The molecule has 0 N–H and O–H groups in total. The van der Waals surface area contributed by atoms with E-state index in [0.29, 0.717) is 0 Å². The van der Waals surface area contributed by atoms with Crippen LogP contribution in [0.25, 0.3) is 38.2 Å². The van der Waals surface area contributed by atoms with Crippen LogP contribution in [-0.2, 0) is 9.31 Å². The lowest BCUT2D eigenvalue weighted by atomic mass is 9.77. The Morgan fingerprint density at radius 3 is 2.15 bits per heavy atom. The number of fused-ring (bicyclic) bond motifs is 2. The van der Waals surface area contributed by atoms with Crippen LogP contribution in [0.15, 0.2) is 36.4 Å². The molecule has 0 bridgehead atoms. The molecule has 4 aromatic rings. The maximum absolute atomic E-state index is 6.35. The van der Waals surface area contributed by atoms with E-state index in [1.54, 1.807) is 11.3 Å². The highest BCUT2D eigenvalue weighted by Crippen LogP contribution is 2.40. The summed E-state index contributed by atoms with van der Waals surface area (Å²) < 4.78 is 15.1. The number of hydrogen-bond donors (Lipinski definition) is 0. The zero-order valence-corrected chi connectivity index (χ0v) is 17.3. The van der Waals surface area contributed by atoms with Gasteiger partial charge in [-0.05, 0) is 56.3 Å². The largest absolute Gasteiger partial charge is 0.496 e. The minimum atomic E-state index is -0.354. The van der Waals surface area contributed by atoms with E-state index in [-0.39, 0.29) is 18.3 Å². The minimum Gasteiger partial charge on any atom is -0.399 e. The summed E-state index contributed by atoms with van der Waals surface area (Å²) in [5, 5.41) is 6.46. The summed E-state index contributed by atoms with van der Waals surface area (Å²) in [6, 6.07) is 13.0. The lowest BCUT2D eigenvalue weighted by Crippen LogP contribution is -2.41. The van der Waals surface area contributed by atoms with Crippen molar-refractivity contribution in [2.45, 2.75) is 45.8 Å². The SMILES string of the molecule is C=c1sc2c(B3OC(C)(C)C(C)(C)O3)ccc3c4ccccc4c(C)c1c23. The Morgan fingerprint density at radius 2 is 1.48 bits per heavy atom. The molecule has 5 rings (SSSR count). The predicted molar refractivity (Wildman–Crippen MR) is 118 cm³/mol. The molecule has 1 saturated heterocycles. The zero-order valence-electron chi connectivity index (χ0n) is 16.5. The van der Waals surface area contributed by atoms with E-state index in [1.165, 1.54) is 37.2 Å². The van der Waals surface area contributed by atoms with Crippen LogP contribution in [0, 0.1) is 6.92 Å². The lowest BCUT2D eigenvalue weighted by molar-refractivity contribution is 0.00578. The summed E-state index contributed by atoms with van der Waals surface area (Å²) in [6.07, 6.45) is 0. The van der Waals surface area contributed by atoms with Crippen molar-refractivity contribution in [2.24, 2.45) is 0 Å². The Labute approximate surface area is 163 Å². The molecule has 1 fully saturated rings. The average Bonchev–Trinajstić information content (AvgIpc) is 3.06. The highest BCUT2D eigenvalue weighted by molar-refractivity contribution is 7.19. The van der Waals surface area contributed by atoms with Crippen molar-refractivity contribution in [3.63, 3.8) is 0 Å². The topological polar surface area (TPSA) is 18.5 Å². The third-order valence-electron chi connectivity index (χ3n) is 6.45. The van der Waals surface area contributed by atoms with Crippen molar-refractivity contribution >= 4 is 62.1 Å². The van der Waals surface area contributed by atoms with Crippen LogP contribution in [0.1, 0.15) is 33.3 Å². The quantitative estimate of drug-likeness (QED) is 0.347. The Kier molecular flexibility index (Phi) is 3.41. The number of benzene rings is 3. The van der Waals surface area contributed by atoms with Gasteiger partial charge in [-0.25, -0.2) is 0 Å². The summed E-state index contributed by atoms with van der Waals surface area (Å²) in [6.45, 7) is 15.0. The van der Waals surface area contributed by atoms with Crippen molar-refractivity contribution in [2.75, 3.05) is 0 Å². The maximum atomic E-state index is 6.35. The van der Waals surface area contributed by atoms with Crippen molar-refractivity contribution in [3.05, 3.63) is 46.5 Å². The van der Waals surface area contributed by atoms with Crippen molar-refractivity contribution in [3.8, 4) is 0 Å². The van der Waals surface area contributed by atoms with Crippen molar-refractivity contribution in [1.29, 1.82) is 0 Å². The normalized spacial score (nSPS) is 18.9. The standard InChI is InChI=1S/C23H23BO2S/c1-13-15-9-7-8-10-16(15)17-11-12-18(21-20(17)19(13)14(2)27-21)24-25-22(3,4)23(5,6)26-24/h7-12H,2H2,1,3-6H3. The van der Waals surface area contributed by atoms with Gasteiger partial charge in [0.25, 0.3) is 0 Å². The summed E-state index contributed by atoms with van der Waals surface area (Å²) in [5.41, 5.74) is 1.73. The van der Waals surface area contributed by atoms with E-state index >= 15 is 0 Å². The first-order valence-electron chi connectivity index (χ1n) is 9.42. The van der Waals surface area contributed by atoms with Crippen LogP contribution < -0.4 is 10.00 Å². The van der Waals surface area contributed by atoms with Crippen molar-refractivity contribution < 1.29 is 9.31 Å². The number of thiophene rings is 1. The van der Waals surface area contributed by atoms with Gasteiger partial charge in [-0.15, -0.1) is 11.3 Å². The first kappa shape index (κ1) is 17.2. The molecule has 0 amide bonds. The fourth-order valence-electron chi connectivity index (χ4n) is 4.23. The van der Waals surface area contributed by atoms with E-state index in [9.17, 15) is 0 Å². The molecule has 1 aromatic heterocycles. The van der Waals surface area contributed by atoms with Gasteiger partial charge in [0.1, 0.15) is 0 Å². The van der Waals surface area contributed by atoms with Gasteiger partial charge in [0, 0.05) is 25.5 Å². The molecule has 136 valence electrons. The molecule has 2 heterocycles. The smallest absolute Gasteiger partial charge is 0.399 e. The van der Waals surface area contributed by atoms with Gasteiger partial charge in [0.05, 0.1) is 11.2 Å². The predicted octanol–water partition coefficient (Wildman–Crippen LogP) is 4.94. The van der Waals surface area contributed by atoms with Gasteiger partial charge in [-0.2, -0.15) is 0 Å². The molecule has 0 saturated carbocycles. The van der Waals surface area contributed by atoms with Gasteiger partial charge < -0.3 is 9.31 Å². The van der Waals surface area contributed by atoms with Crippen LogP contribution in [-0.4, -0.2) is 18.3 Å². The third-order valence-corrected chi connectivity index (χ3v) is 7.54. The molecule has 0 spiro atoms. The molecule has 27 heavy (non-hydrogen) atoms. The minimum absolute atomic E-state index is 0.345. The Hall–Kier alpha value is -1.88. The van der Waals surface area contributed by atoms with E-state index in [4.69, 9.17) is 9.31 Å². The second-order valence-corrected chi connectivity index (χ2v) is 9.67. The van der Waals surface area contributed by atoms with Crippen LogP contribution in [0.4, 0.5) is 0 Å². The first-order chi connectivity index (χ1) is 12.7. The molecular formula is C23H23BO2S. The molecule has 1 aliphatic rings. The average molecular weight is 374 g/mol. The molecule has 3 aromatic carbocycles. The Balaban J connectivity index is 1.85. The molecule has 0 atom stereocenters. The molecule has 1 aliphatic heterocycles.